The van der Waals surface area contributed by atoms with Crippen molar-refractivity contribution < 1.29 is 23.5 Å². The minimum atomic E-state index is -0.423. The molecule has 8 heteroatoms. The molecule has 2 amide bonds. The predicted octanol–water partition coefficient (Wildman–Crippen LogP) is 3.84. The summed E-state index contributed by atoms with van der Waals surface area (Å²) in [5, 5.41) is 8.27. The Kier molecular flexibility index (Phi) is 6.29. The van der Waals surface area contributed by atoms with Gasteiger partial charge >= 0.3 is 0 Å². The Morgan fingerprint density at radius 1 is 1.11 bits per heavy atom. The number of carbonyl (C=O) groups is 2. The van der Waals surface area contributed by atoms with Gasteiger partial charge in [0.15, 0.2) is 6.61 Å². The lowest BCUT2D eigenvalue weighted by molar-refractivity contribution is -0.123. The first-order chi connectivity index (χ1) is 13.6. The number of imide groups is 1. The molecule has 0 saturated carbocycles. The van der Waals surface area contributed by atoms with Gasteiger partial charge in [0.25, 0.3) is 11.1 Å². The molecule has 0 aromatic heterocycles. The topological polar surface area (TPSA) is 79.6 Å². The highest BCUT2D eigenvalue weighted by Crippen LogP contribution is 2.33. The van der Waals surface area contributed by atoms with E-state index in [9.17, 15) is 14.0 Å². The van der Waals surface area contributed by atoms with Gasteiger partial charge in [-0.15, -0.1) is 0 Å². The van der Waals surface area contributed by atoms with Crippen LogP contribution < -0.4 is 9.47 Å². The van der Waals surface area contributed by atoms with Crippen LogP contribution in [0.4, 0.5) is 9.18 Å². The lowest BCUT2D eigenvalue weighted by Crippen LogP contribution is -2.32. The SMILES string of the molecule is N#CCOc1ccccc1/C=C1\SC(=O)N(CCOc2ccc(F)cc2)C1=O. The molecule has 2 aromatic rings. The molecule has 6 nitrogen and oxygen atoms in total. The Morgan fingerprint density at radius 3 is 2.61 bits per heavy atom. The third-order valence-electron chi connectivity index (χ3n) is 3.77. The van der Waals surface area contributed by atoms with E-state index in [-0.39, 0.29) is 30.5 Å². The second-order valence-corrected chi connectivity index (χ2v) is 6.61. The van der Waals surface area contributed by atoms with Crippen molar-refractivity contribution in [1.29, 1.82) is 5.26 Å². The monoisotopic (exact) mass is 398 g/mol. The largest absolute Gasteiger partial charge is 0.492 e. The fourth-order valence-electron chi connectivity index (χ4n) is 2.46. The van der Waals surface area contributed by atoms with E-state index in [0.29, 0.717) is 17.1 Å². The molecule has 1 aliphatic rings. The normalized spacial score (nSPS) is 15.0. The Hall–Kier alpha value is -3.31. The molecule has 0 N–H and O–H groups in total. The number of carbonyl (C=O) groups excluding carboxylic acids is 2. The van der Waals surface area contributed by atoms with E-state index in [1.165, 1.54) is 24.3 Å². The van der Waals surface area contributed by atoms with E-state index >= 15 is 0 Å². The number of halogens is 1. The van der Waals surface area contributed by atoms with Gasteiger partial charge in [-0.25, -0.2) is 4.39 Å². The lowest BCUT2D eigenvalue weighted by atomic mass is 10.2. The van der Waals surface area contributed by atoms with E-state index < -0.39 is 11.1 Å². The number of nitrogens with zero attached hydrogens (tertiary/aromatic N) is 2. The highest BCUT2D eigenvalue weighted by Gasteiger charge is 2.35. The third-order valence-corrected chi connectivity index (χ3v) is 4.68. The maximum atomic E-state index is 12.9. The fraction of sp³-hybridized carbons (Fsp3) is 0.150. The Bertz CT molecular complexity index is 953. The number of ether oxygens (including phenoxy) is 2. The number of rotatable bonds is 7. The van der Waals surface area contributed by atoms with Crippen LogP contribution in [-0.4, -0.2) is 35.8 Å². The molecule has 0 radical (unpaired) electrons. The van der Waals surface area contributed by atoms with E-state index in [1.54, 1.807) is 30.3 Å². The molecule has 1 heterocycles. The number of hydrogen-bond acceptors (Lipinski definition) is 6. The standard InChI is InChI=1S/C20H15FN2O4S/c21-15-5-7-16(8-6-15)26-12-10-23-19(24)18(28-20(23)25)13-14-3-1-2-4-17(14)27-11-9-22/h1-8,13H,10-12H2/b18-13-. The number of hydrogen-bond donors (Lipinski definition) is 0. The summed E-state index contributed by atoms with van der Waals surface area (Å²) >= 11 is 0.830. The summed E-state index contributed by atoms with van der Waals surface area (Å²) in [7, 11) is 0. The second-order valence-electron chi connectivity index (χ2n) is 5.62. The molecule has 0 aliphatic carbocycles. The highest BCUT2D eigenvalue weighted by atomic mass is 32.2. The summed E-state index contributed by atoms with van der Waals surface area (Å²) in [5.41, 5.74) is 0.603. The summed E-state index contributed by atoms with van der Waals surface area (Å²) in [4.78, 5) is 26.1. The van der Waals surface area contributed by atoms with Gasteiger partial charge in [-0.1, -0.05) is 18.2 Å². The first kappa shape index (κ1) is 19.5. The maximum Gasteiger partial charge on any atom is 0.293 e. The summed E-state index contributed by atoms with van der Waals surface area (Å²) in [6, 6.07) is 14.3. The van der Waals surface area contributed by atoms with Crippen LogP contribution in [0.5, 0.6) is 11.5 Å². The van der Waals surface area contributed by atoms with Crippen molar-refractivity contribution in [2.24, 2.45) is 0 Å². The first-order valence-electron chi connectivity index (χ1n) is 8.31. The van der Waals surface area contributed by atoms with Gasteiger partial charge in [0.2, 0.25) is 0 Å². The average molecular weight is 398 g/mol. The third kappa shape index (κ3) is 4.69. The molecule has 1 saturated heterocycles. The van der Waals surface area contributed by atoms with Crippen LogP contribution in [0.2, 0.25) is 0 Å². The van der Waals surface area contributed by atoms with Crippen LogP contribution in [0, 0.1) is 17.1 Å². The zero-order chi connectivity index (χ0) is 19.9. The van der Waals surface area contributed by atoms with Crippen LogP contribution in [0.1, 0.15) is 5.56 Å². The van der Waals surface area contributed by atoms with Crippen molar-refractivity contribution in [1.82, 2.24) is 4.90 Å². The van der Waals surface area contributed by atoms with Crippen LogP contribution in [-0.2, 0) is 4.79 Å². The number of nitriles is 1. The van der Waals surface area contributed by atoms with E-state index in [0.717, 1.165) is 16.7 Å². The number of amides is 2. The fourth-order valence-corrected chi connectivity index (χ4v) is 3.32. The molecule has 28 heavy (non-hydrogen) atoms. The van der Waals surface area contributed by atoms with E-state index in [2.05, 4.69) is 0 Å². The van der Waals surface area contributed by atoms with Crippen molar-refractivity contribution in [3.63, 3.8) is 0 Å². The average Bonchev–Trinajstić information content (AvgIpc) is 2.96. The van der Waals surface area contributed by atoms with Gasteiger partial charge in [-0.2, -0.15) is 5.26 Å². The molecule has 142 valence electrons. The predicted molar refractivity (Wildman–Crippen MR) is 102 cm³/mol. The molecule has 0 spiro atoms. The Morgan fingerprint density at radius 2 is 1.86 bits per heavy atom. The smallest absolute Gasteiger partial charge is 0.293 e. The van der Waals surface area contributed by atoms with Crippen molar-refractivity contribution in [3.8, 4) is 17.6 Å². The molecule has 0 unspecified atom stereocenters. The number of benzene rings is 2. The molecule has 0 bridgehead atoms. The summed E-state index contributed by atoms with van der Waals surface area (Å²) in [6.07, 6.45) is 1.57. The van der Waals surface area contributed by atoms with Gasteiger partial charge in [0.05, 0.1) is 11.4 Å². The van der Waals surface area contributed by atoms with Gasteiger partial charge in [-0.3, -0.25) is 14.5 Å². The Balaban J connectivity index is 1.65. The molecular weight excluding hydrogens is 383 g/mol. The molecule has 0 atom stereocenters. The number of thioether (sulfide) groups is 1. The van der Waals surface area contributed by atoms with E-state index in [1.807, 2.05) is 6.07 Å². The summed E-state index contributed by atoms with van der Waals surface area (Å²) < 4.78 is 23.7. The van der Waals surface area contributed by atoms with Crippen LogP contribution in [0.25, 0.3) is 6.08 Å². The lowest BCUT2D eigenvalue weighted by Gasteiger charge is -2.13. The van der Waals surface area contributed by atoms with Crippen molar-refractivity contribution in [2.75, 3.05) is 19.8 Å². The maximum absolute atomic E-state index is 12.9. The van der Waals surface area contributed by atoms with Crippen molar-refractivity contribution in [3.05, 3.63) is 64.8 Å². The van der Waals surface area contributed by atoms with Gasteiger partial charge < -0.3 is 9.47 Å². The Labute approximate surface area is 165 Å². The van der Waals surface area contributed by atoms with Gasteiger partial charge in [0, 0.05) is 5.56 Å². The van der Waals surface area contributed by atoms with Crippen LogP contribution in [0.3, 0.4) is 0 Å². The van der Waals surface area contributed by atoms with Gasteiger partial charge in [-0.05, 0) is 48.2 Å². The quantitative estimate of drug-likeness (QED) is 0.659. The second kappa shape index (κ2) is 9.06. The molecule has 2 aromatic carbocycles. The zero-order valence-electron chi connectivity index (χ0n) is 14.6. The summed E-state index contributed by atoms with van der Waals surface area (Å²) in [5.74, 6) is 0.109. The van der Waals surface area contributed by atoms with Gasteiger partial charge in [0.1, 0.15) is 30.0 Å². The minimum absolute atomic E-state index is 0.0754. The van der Waals surface area contributed by atoms with Crippen molar-refractivity contribution >= 4 is 29.0 Å². The van der Waals surface area contributed by atoms with Crippen molar-refractivity contribution in [2.45, 2.75) is 0 Å². The van der Waals surface area contributed by atoms with Crippen LogP contribution >= 0.6 is 11.8 Å². The highest BCUT2D eigenvalue weighted by molar-refractivity contribution is 8.18. The minimum Gasteiger partial charge on any atom is -0.492 e. The molecule has 3 rings (SSSR count). The zero-order valence-corrected chi connectivity index (χ0v) is 15.4. The summed E-state index contributed by atoms with van der Waals surface area (Å²) in [6.45, 7) is 0.0534. The van der Waals surface area contributed by atoms with Crippen LogP contribution in [0.15, 0.2) is 53.4 Å². The molecule has 1 fully saturated rings. The first-order valence-corrected chi connectivity index (χ1v) is 9.12. The molecule has 1 aliphatic heterocycles. The van der Waals surface area contributed by atoms with E-state index in [4.69, 9.17) is 14.7 Å². The molecular formula is C20H15FN2O4S. The number of para-hydroxylation sites is 1.